The molecule has 6 nitrogen and oxygen atoms in total. The fourth-order valence-corrected chi connectivity index (χ4v) is 2.50. The maximum atomic E-state index is 12.0. The lowest BCUT2D eigenvalue weighted by molar-refractivity contribution is 0.0923. The molecule has 24 heavy (non-hydrogen) atoms. The number of hydrogen-bond acceptors (Lipinski definition) is 4. The van der Waals surface area contributed by atoms with Crippen molar-refractivity contribution < 1.29 is 18.4 Å². The maximum Gasteiger partial charge on any atom is 0.287 e. The second-order valence-electron chi connectivity index (χ2n) is 5.12. The van der Waals surface area contributed by atoms with Gasteiger partial charge in [0.25, 0.3) is 11.8 Å². The first kappa shape index (κ1) is 16.3. The molecule has 0 radical (unpaired) electrons. The van der Waals surface area contributed by atoms with Gasteiger partial charge in [-0.3, -0.25) is 9.59 Å². The summed E-state index contributed by atoms with van der Waals surface area (Å²) in [7, 11) is 0. The van der Waals surface area contributed by atoms with Crippen LogP contribution in [-0.4, -0.2) is 24.9 Å². The van der Waals surface area contributed by atoms with Gasteiger partial charge in [-0.05, 0) is 46.6 Å². The molecule has 0 saturated heterocycles. The molecule has 3 aromatic rings. The highest BCUT2D eigenvalue weighted by molar-refractivity contribution is 9.10. The summed E-state index contributed by atoms with van der Waals surface area (Å²) in [6.07, 6.45) is 0.597. The third-order valence-corrected chi connectivity index (χ3v) is 3.80. The Morgan fingerprint density at radius 3 is 2.29 bits per heavy atom. The van der Waals surface area contributed by atoms with Gasteiger partial charge in [0.15, 0.2) is 16.2 Å². The lowest BCUT2D eigenvalue weighted by Crippen LogP contribution is -2.29. The summed E-state index contributed by atoms with van der Waals surface area (Å²) in [6.45, 7) is 0.857. The Morgan fingerprint density at radius 2 is 1.62 bits per heavy atom. The van der Waals surface area contributed by atoms with Crippen molar-refractivity contribution in [3.63, 3.8) is 0 Å². The van der Waals surface area contributed by atoms with E-state index >= 15 is 0 Å². The zero-order chi connectivity index (χ0) is 16.9. The van der Waals surface area contributed by atoms with E-state index in [1.807, 2.05) is 24.3 Å². The topological polar surface area (TPSA) is 84.5 Å². The van der Waals surface area contributed by atoms with Crippen molar-refractivity contribution in [3.8, 4) is 0 Å². The van der Waals surface area contributed by atoms with Crippen LogP contribution < -0.4 is 10.6 Å². The van der Waals surface area contributed by atoms with Crippen molar-refractivity contribution in [1.82, 2.24) is 10.6 Å². The fraction of sp³-hybridized carbons (Fsp3) is 0.176. The Kier molecular flexibility index (Phi) is 5.00. The van der Waals surface area contributed by atoms with E-state index in [4.69, 9.17) is 8.83 Å². The van der Waals surface area contributed by atoms with Gasteiger partial charge >= 0.3 is 0 Å². The second kappa shape index (κ2) is 7.35. The van der Waals surface area contributed by atoms with Crippen molar-refractivity contribution in [2.24, 2.45) is 0 Å². The second-order valence-corrected chi connectivity index (χ2v) is 5.90. The van der Waals surface area contributed by atoms with Crippen molar-refractivity contribution in [2.75, 3.05) is 13.1 Å². The highest BCUT2D eigenvalue weighted by atomic mass is 79.9. The van der Waals surface area contributed by atoms with E-state index < -0.39 is 0 Å². The monoisotopic (exact) mass is 390 g/mol. The summed E-state index contributed by atoms with van der Waals surface area (Å²) < 4.78 is 11.1. The summed E-state index contributed by atoms with van der Waals surface area (Å²) in [6, 6.07) is 12.4. The third kappa shape index (κ3) is 3.86. The van der Waals surface area contributed by atoms with E-state index in [1.54, 1.807) is 18.2 Å². The molecular formula is C17H15BrN2O4. The first-order chi connectivity index (χ1) is 11.6. The molecule has 0 spiro atoms. The minimum absolute atomic E-state index is 0.244. The van der Waals surface area contributed by atoms with Gasteiger partial charge in [0.05, 0.1) is 0 Å². The summed E-state index contributed by atoms with van der Waals surface area (Å²) in [4.78, 5) is 23.8. The summed E-state index contributed by atoms with van der Waals surface area (Å²) in [5.41, 5.74) is 0.680. The van der Waals surface area contributed by atoms with E-state index in [0.29, 0.717) is 29.8 Å². The molecule has 7 heteroatoms. The van der Waals surface area contributed by atoms with E-state index in [9.17, 15) is 9.59 Å². The Morgan fingerprint density at radius 1 is 0.917 bits per heavy atom. The third-order valence-electron chi connectivity index (χ3n) is 3.37. The van der Waals surface area contributed by atoms with Crippen LogP contribution in [0.2, 0.25) is 0 Å². The van der Waals surface area contributed by atoms with Crippen LogP contribution in [0.5, 0.6) is 0 Å². The molecule has 2 amide bonds. The summed E-state index contributed by atoms with van der Waals surface area (Å²) >= 11 is 3.14. The van der Waals surface area contributed by atoms with Gasteiger partial charge in [-0.15, -0.1) is 0 Å². The molecule has 2 heterocycles. The SMILES string of the molecule is O=C(NCCCNC(=O)c1cc2ccccc2o1)c1ccc(Br)o1. The molecule has 2 aromatic heterocycles. The molecule has 1 aromatic carbocycles. The van der Waals surface area contributed by atoms with Gasteiger partial charge in [0.2, 0.25) is 0 Å². The molecule has 0 aliphatic heterocycles. The van der Waals surface area contributed by atoms with Crippen molar-refractivity contribution in [2.45, 2.75) is 6.42 Å². The van der Waals surface area contributed by atoms with Crippen LogP contribution in [0.15, 0.2) is 56.0 Å². The molecule has 0 aliphatic rings. The number of para-hydroxylation sites is 1. The predicted molar refractivity (Wildman–Crippen MR) is 91.9 cm³/mol. The number of halogens is 1. The molecule has 0 bridgehead atoms. The quantitative estimate of drug-likeness (QED) is 0.632. The fourth-order valence-electron chi connectivity index (χ4n) is 2.20. The van der Waals surface area contributed by atoms with Gasteiger partial charge in [0.1, 0.15) is 5.58 Å². The molecular weight excluding hydrogens is 376 g/mol. The van der Waals surface area contributed by atoms with E-state index in [1.165, 1.54) is 0 Å². The Balaban J connectivity index is 1.41. The van der Waals surface area contributed by atoms with Gasteiger partial charge < -0.3 is 19.5 Å². The van der Waals surface area contributed by atoms with Gasteiger partial charge in [-0.1, -0.05) is 18.2 Å². The molecule has 124 valence electrons. The number of hydrogen-bond donors (Lipinski definition) is 2. The highest BCUT2D eigenvalue weighted by Gasteiger charge is 2.12. The normalized spacial score (nSPS) is 10.7. The standard InChI is InChI=1S/C17H15BrN2O4/c18-15-7-6-13(24-15)16(21)19-8-3-9-20-17(22)14-10-11-4-1-2-5-12(11)23-14/h1-2,4-7,10H,3,8-9H2,(H,19,21)(H,20,22). The first-order valence-corrected chi connectivity index (χ1v) is 8.23. The van der Waals surface area contributed by atoms with Crippen LogP contribution in [0.4, 0.5) is 0 Å². The molecule has 0 fully saturated rings. The lowest BCUT2D eigenvalue weighted by Gasteiger charge is -2.04. The molecule has 3 rings (SSSR count). The average Bonchev–Trinajstić information content (AvgIpc) is 3.20. The number of rotatable bonds is 6. The van der Waals surface area contributed by atoms with Crippen LogP contribution in [0.25, 0.3) is 11.0 Å². The van der Waals surface area contributed by atoms with E-state index in [0.717, 1.165) is 5.39 Å². The molecule has 0 atom stereocenters. The van der Waals surface area contributed by atoms with Crippen LogP contribution in [0.3, 0.4) is 0 Å². The number of fused-ring (bicyclic) bond motifs is 1. The number of amides is 2. The van der Waals surface area contributed by atoms with Crippen molar-refractivity contribution >= 4 is 38.7 Å². The highest BCUT2D eigenvalue weighted by Crippen LogP contribution is 2.18. The predicted octanol–water partition coefficient (Wildman–Crippen LogP) is 3.34. The van der Waals surface area contributed by atoms with Crippen LogP contribution in [0.1, 0.15) is 27.5 Å². The minimum Gasteiger partial charge on any atom is -0.451 e. The van der Waals surface area contributed by atoms with Crippen LogP contribution in [-0.2, 0) is 0 Å². The molecule has 0 unspecified atom stereocenters. The van der Waals surface area contributed by atoms with E-state index in [-0.39, 0.29) is 23.3 Å². The number of benzene rings is 1. The van der Waals surface area contributed by atoms with Crippen LogP contribution in [0, 0.1) is 0 Å². The Hall–Kier alpha value is -2.54. The first-order valence-electron chi connectivity index (χ1n) is 7.44. The summed E-state index contributed by atoms with van der Waals surface area (Å²) in [5.74, 6) is -0.0364. The Bertz CT molecular complexity index is 835. The largest absolute Gasteiger partial charge is 0.451 e. The molecule has 0 saturated carbocycles. The summed E-state index contributed by atoms with van der Waals surface area (Å²) in [5, 5.41) is 6.37. The van der Waals surface area contributed by atoms with Crippen LogP contribution >= 0.6 is 15.9 Å². The smallest absolute Gasteiger partial charge is 0.287 e. The zero-order valence-electron chi connectivity index (χ0n) is 12.7. The molecule has 0 aliphatic carbocycles. The molecule has 2 N–H and O–H groups in total. The minimum atomic E-state index is -0.288. The van der Waals surface area contributed by atoms with E-state index in [2.05, 4.69) is 26.6 Å². The van der Waals surface area contributed by atoms with Gasteiger partial charge in [-0.2, -0.15) is 0 Å². The average molecular weight is 391 g/mol. The zero-order valence-corrected chi connectivity index (χ0v) is 14.3. The maximum absolute atomic E-state index is 12.0. The number of carbonyl (C=O) groups is 2. The van der Waals surface area contributed by atoms with Crippen molar-refractivity contribution in [1.29, 1.82) is 0 Å². The van der Waals surface area contributed by atoms with Gasteiger partial charge in [-0.25, -0.2) is 0 Å². The van der Waals surface area contributed by atoms with Crippen molar-refractivity contribution in [3.05, 3.63) is 58.7 Å². The number of nitrogens with one attached hydrogen (secondary N) is 2. The van der Waals surface area contributed by atoms with Gasteiger partial charge in [0, 0.05) is 18.5 Å². The lowest BCUT2D eigenvalue weighted by atomic mass is 10.2. The number of furan rings is 2. The number of carbonyl (C=O) groups excluding carboxylic acids is 2. The Labute approximate surface area is 146 Å².